The van der Waals surface area contributed by atoms with Crippen LogP contribution in [0, 0.1) is 0 Å². The Morgan fingerprint density at radius 2 is 2.23 bits per heavy atom. The highest BCUT2D eigenvalue weighted by atomic mass is 15.2. The van der Waals surface area contributed by atoms with Gasteiger partial charge in [0.25, 0.3) is 0 Å². The third-order valence-electron chi connectivity index (χ3n) is 3.48. The minimum Gasteiger partial charge on any atom is -0.291 e. The normalized spacial score (nSPS) is 31.8. The van der Waals surface area contributed by atoms with E-state index in [9.17, 15) is 0 Å². The number of fused-ring (bicyclic) bond motifs is 5. The second kappa shape index (κ2) is 2.55. The molecule has 1 fully saturated rings. The molecule has 2 unspecified atom stereocenters. The topological polar surface area (TPSA) is 16.1 Å². The Labute approximate surface area is 78.6 Å². The van der Waals surface area contributed by atoms with E-state index in [1.165, 1.54) is 30.5 Å². The summed E-state index contributed by atoms with van der Waals surface area (Å²) < 4.78 is 0. The molecular formula is C11H14N2. The first-order chi connectivity index (χ1) is 6.38. The zero-order chi connectivity index (χ0) is 8.84. The van der Waals surface area contributed by atoms with Gasteiger partial charge in [-0.1, -0.05) is 6.07 Å². The molecule has 1 aromatic heterocycles. The maximum absolute atomic E-state index is 4.51. The molecule has 2 aliphatic heterocycles. The molecule has 0 aliphatic carbocycles. The lowest BCUT2D eigenvalue weighted by Gasteiger charge is -2.30. The van der Waals surface area contributed by atoms with Crippen molar-refractivity contribution < 1.29 is 0 Å². The fourth-order valence-corrected chi connectivity index (χ4v) is 2.82. The molecule has 2 atom stereocenters. The van der Waals surface area contributed by atoms with Gasteiger partial charge in [-0.3, -0.25) is 9.88 Å². The van der Waals surface area contributed by atoms with Crippen LogP contribution in [0.25, 0.3) is 0 Å². The van der Waals surface area contributed by atoms with E-state index in [2.05, 4.69) is 29.1 Å². The zero-order valence-electron chi connectivity index (χ0n) is 7.90. The fourth-order valence-electron chi connectivity index (χ4n) is 2.82. The standard InChI is InChI=1S/C11H14N2/c1-13-9-5-2-6-10(13)11-8(9)4-3-7-12-11/h3-4,7,9-10H,2,5-6H2,1H3. The van der Waals surface area contributed by atoms with E-state index in [-0.39, 0.29) is 0 Å². The van der Waals surface area contributed by atoms with E-state index in [1.54, 1.807) is 0 Å². The summed E-state index contributed by atoms with van der Waals surface area (Å²) in [6.45, 7) is 0. The SMILES string of the molecule is CN1C2CCCC1c1ncccc12. The molecule has 0 N–H and O–H groups in total. The van der Waals surface area contributed by atoms with E-state index in [1.807, 2.05) is 6.20 Å². The van der Waals surface area contributed by atoms with E-state index >= 15 is 0 Å². The highest BCUT2D eigenvalue weighted by molar-refractivity contribution is 5.32. The van der Waals surface area contributed by atoms with Gasteiger partial charge < -0.3 is 0 Å². The second-order valence-electron chi connectivity index (χ2n) is 4.11. The smallest absolute Gasteiger partial charge is 0.0623 e. The number of nitrogens with zero attached hydrogens (tertiary/aromatic N) is 2. The lowest BCUT2D eigenvalue weighted by Crippen LogP contribution is -2.25. The Hall–Kier alpha value is -0.890. The quantitative estimate of drug-likeness (QED) is 0.600. The lowest BCUT2D eigenvalue weighted by atomic mass is 10.0. The minimum absolute atomic E-state index is 0.606. The first kappa shape index (κ1) is 7.51. The van der Waals surface area contributed by atoms with Crippen LogP contribution in [0.5, 0.6) is 0 Å². The zero-order valence-corrected chi connectivity index (χ0v) is 7.90. The second-order valence-corrected chi connectivity index (χ2v) is 4.11. The third-order valence-corrected chi connectivity index (χ3v) is 3.48. The van der Waals surface area contributed by atoms with Crippen molar-refractivity contribution in [2.24, 2.45) is 0 Å². The molecule has 2 nitrogen and oxygen atoms in total. The number of aromatic nitrogens is 1. The summed E-state index contributed by atoms with van der Waals surface area (Å²) in [5, 5.41) is 0. The van der Waals surface area contributed by atoms with Crippen LogP contribution in [0.1, 0.15) is 42.6 Å². The van der Waals surface area contributed by atoms with Crippen molar-refractivity contribution in [1.29, 1.82) is 0 Å². The molecular weight excluding hydrogens is 160 g/mol. The molecule has 2 bridgehead atoms. The average molecular weight is 174 g/mol. The summed E-state index contributed by atoms with van der Waals surface area (Å²) >= 11 is 0. The van der Waals surface area contributed by atoms with Gasteiger partial charge in [0.05, 0.1) is 11.7 Å². The van der Waals surface area contributed by atoms with Gasteiger partial charge in [-0.25, -0.2) is 0 Å². The monoisotopic (exact) mass is 174 g/mol. The third kappa shape index (κ3) is 0.894. The fraction of sp³-hybridized carbons (Fsp3) is 0.545. The van der Waals surface area contributed by atoms with Crippen molar-refractivity contribution >= 4 is 0 Å². The highest BCUT2D eigenvalue weighted by Gasteiger charge is 2.39. The van der Waals surface area contributed by atoms with E-state index in [0.717, 1.165) is 0 Å². The van der Waals surface area contributed by atoms with Gasteiger partial charge in [-0.15, -0.1) is 0 Å². The maximum atomic E-state index is 4.51. The van der Waals surface area contributed by atoms with Gasteiger partial charge in [0.1, 0.15) is 0 Å². The summed E-state index contributed by atoms with van der Waals surface area (Å²) in [5.74, 6) is 0. The summed E-state index contributed by atoms with van der Waals surface area (Å²) in [7, 11) is 2.23. The molecule has 2 aliphatic rings. The number of hydrogen-bond acceptors (Lipinski definition) is 2. The van der Waals surface area contributed by atoms with Crippen LogP contribution in [0.3, 0.4) is 0 Å². The first-order valence-corrected chi connectivity index (χ1v) is 5.04. The van der Waals surface area contributed by atoms with Crippen LogP contribution < -0.4 is 0 Å². The van der Waals surface area contributed by atoms with Crippen molar-refractivity contribution in [3.05, 3.63) is 29.6 Å². The Morgan fingerprint density at radius 1 is 1.38 bits per heavy atom. The molecule has 13 heavy (non-hydrogen) atoms. The Kier molecular flexibility index (Phi) is 1.47. The lowest BCUT2D eigenvalue weighted by molar-refractivity contribution is 0.143. The molecule has 0 saturated carbocycles. The van der Waals surface area contributed by atoms with Crippen molar-refractivity contribution in [2.45, 2.75) is 31.3 Å². The van der Waals surface area contributed by atoms with Gasteiger partial charge >= 0.3 is 0 Å². The number of hydrogen-bond donors (Lipinski definition) is 0. The summed E-state index contributed by atoms with van der Waals surface area (Å²) in [6.07, 6.45) is 5.88. The molecule has 1 saturated heterocycles. The van der Waals surface area contributed by atoms with Gasteiger partial charge in [-0.2, -0.15) is 0 Å². The van der Waals surface area contributed by atoms with E-state index in [0.29, 0.717) is 12.1 Å². The molecule has 2 heteroatoms. The molecule has 3 rings (SSSR count). The predicted molar refractivity (Wildman–Crippen MR) is 51.3 cm³/mol. The Morgan fingerprint density at radius 3 is 3.15 bits per heavy atom. The molecule has 68 valence electrons. The first-order valence-electron chi connectivity index (χ1n) is 5.04. The summed E-state index contributed by atoms with van der Waals surface area (Å²) in [6, 6.07) is 5.57. The van der Waals surface area contributed by atoms with Crippen LogP contribution in [0.2, 0.25) is 0 Å². The molecule has 0 amide bonds. The average Bonchev–Trinajstić information content (AvgIpc) is 2.36. The van der Waals surface area contributed by atoms with Crippen LogP contribution in [0.15, 0.2) is 18.3 Å². The maximum Gasteiger partial charge on any atom is 0.0623 e. The number of pyridine rings is 1. The molecule has 0 spiro atoms. The minimum atomic E-state index is 0.606. The van der Waals surface area contributed by atoms with Crippen LogP contribution in [0.4, 0.5) is 0 Å². The van der Waals surface area contributed by atoms with Crippen LogP contribution >= 0.6 is 0 Å². The molecule has 1 aromatic rings. The predicted octanol–water partition coefficient (Wildman–Crippen LogP) is 2.29. The Bertz CT molecular complexity index is 304. The van der Waals surface area contributed by atoms with Crippen molar-refractivity contribution in [1.82, 2.24) is 9.88 Å². The number of piperidine rings is 1. The van der Waals surface area contributed by atoms with Gasteiger partial charge in [0.2, 0.25) is 0 Å². The van der Waals surface area contributed by atoms with E-state index in [4.69, 9.17) is 0 Å². The molecule has 3 heterocycles. The Balaban J connectivity index is 2.17. The van der Waals surface area contributed by atoms with Crippen molar-refractivity contribution in [3.8, 4) is 0 Å². The molecule has 0 aromatic carbocycles. The largest absolute Gasteiger partial charge is 0.291 e. The van der Waals surface area contributed by atoms with Crippen molar-refractivity contribution in [3.63, 3.8) is 0 Å². The van der Waals surface area contributed by atoms with Gasteiger partial charge in [0, 0.05) is 12.2 Å². The van der Waals surface area contributed by atoms with Crippen LogP contribution in [-0.2, 0) is 0 Å². The molecule has 0 radical (unpaired) electrons. The number of rotatable bonds is 0. The van der Waals surface area contributed by atoms with Gasteiger partial charge in [0.15, 0.2) is 0 Å². The van der Waals surface area contributed by atoms with Gasteiger partial charge in [-0.05, 0) is 37.9 Å². The summed E-state index contributed by atoms with van der Waals surface area (Å²) in [5.41, 5.74) is 2.82. The van der Waals surface area contributed by atoms with Crippen molar-refractivity contribution in [2.75, 3.05) is 7.05 Å². The summed E-state index contributed by atoms with van der Waals surface area (Å²) in [4.78, 5) is 7.00. The highest BCUT2D eigenvalue weighted by Crippen LogP contribution is 2.48. The van der Waals surface area contributed by atoms with E-state index < -0.39 is 0 Å². The van der Waals surface area contributed by atoms with Crippen LogP contribution in [-0.4, -0.2) is 16.9 Å².